The number of rotatable bonds is 2. The molecule has 0 aliphatic rings. The molecule has 0 radical (unpaired) electrons. The number of H-pyrrole nitrogens is 1. The van der Waals surface area contributed by atoms with Crippen LogP contribution in [-0.4, -0.2) is 21.2 Å². The highest BCUT2D eigenvalue weighted by Gasteiger charge is 2.11. The molecule has 2 aromatic carbocycles. The molecule has 5 heteroatoms. The van der Waals surface area contributed by atoms with E-state index in [0.717, 1.165) is 10.9 Å². The first-order valence-electron chi connectivity index (χ1n) is 6.19. The molecule has 1 aromatic heterocycles. The van der Waals surface area contributed by atoms with Gasteiger partial charge >= 0.3 is 0 Å². The van der Waals surface area contributed by atoms with E-state index in [1.54, 1.807) is 19.1 Å². The molecule has 0 fully saturated rings. The van der Waals surface area contributed by atoms with E-state index < -0.39 is 0 Å². The topological polar surface area (TPSA) is 78.0 Å². The van der Waals surface area contributed by atoms with Gasteiger partial charge in [0.25, 0.3) is 5.91 Å². The maximum absolute atomic E-state index is 12.2. The van der Waals surface area contributed by atoms with Crippen molar-refractivity contribution in [3.8, 4) is 5.75 Å². The molecule has 0 aliphatic carbocycles. The summed E-state index contributed by atoms with van der Waals surface area (Å²) in [5.74, 6) is 0.411. The highest BCUT2D eigenvalue weighted by molar-refractivity contribution is 6.07. The Balaban J connectivity index is 1.90. The summed E-state index contributed by atoms with van der Waals surface area (Å²) < 4.78 is 0. The van der Waals surface area contributed by atoms with Gasteiger partial charge in [-0.1, -0.05) is 12.1 Å². The second kappa shape index (κ2) is 4.70. The van der Waals surface area contributed by atoms with Gasteiger partial charge in [0.15, 0.2) is 5.82 Å². The zero-order chi connectivity index (χ0) is 14.1. The number of nitrogens with one attached hydrogen (secondary N) is 2. The average molecular weight is 267 g/mol. The van der Waals surface area contributed by atoms with Crippen LogP contribution in [0, 0.1) is 6.92 Å². The van der Waals surface area contributed by atoms with Crippen LogP contribution in [0.4, 0.5) is 5.82 Å². The molecular formula is C15H13N3O2. The van der Waals surface area contributed by atoms with E-state index in [9.17, 15) is 9.90 Å². The fourth-order valence-electron chi connectivity index (χ4n) is 2.04. The molecule has 0 saturated heterocycles. The van der Waals surface area contributed by atoms with Gasteiger partial charge in [-0.25, -0.2) is 0 Å². The highest BCUT2D eigenvalue weighted by atomic mass is 16.3. The van der Waals surface area contributed by atoms with E-state index in [0.29, 0.717) is 16.9 Å². The number of phenolic OH excluding ortho intramolecular Hbond substituents is 1. The van der Waals surface area contributed by atoms with Crippen LogP contribution in [0.25, 0.3) is 10.9 Å². The third-order valence-corrected chi connectivity index (χ3v) is 3.16. The number of amides is 1. The number of carbonyl (C=O) groups excluding carboxylic acids is 1. The van der Waals surface area contributed by atoms with Crippen LogP contribution < -0.4 is 5.32 Å². The van der Waals surface area contributed by atoms with Gasteiger partial charge in [-0.15, -0.1) is 0 Å². The number of aromatic hydroxyl groups is 1. The van der Waals surface area contributed by atoms with Gasteiger partial charge in [-0.2, -0.15) is 5.10 Å². The van der Waals surface area contributed by atoms with Crippen molar-refractivity contribution in [1.82, 2.24) is 10.2 Å². The van der Waals surface area contributed by atoms with Crippen molar-refractivity contribution >= 4 is 22.6 Å². The third-order valence-electron chi connectivity index (χ3n) is 3.16. The van der Waals surface area contributed by atoms with Crippen molar-refractivity contribution in [3.05, 3.63) is 53.6 Å². The second-order valence-corrected chi connectivity index (χ2v) is 4.57. The number of hydrogen-bond acceptors (Lipinski definition) is 3. The summed E-state index contributed by atoms with van der Waals surface area (Å²) in [6.07, 6.45) is 0. The van der Waals surface area contributed by atoms with Gasteiger partial charge in [0, 0.05) is 10.9 Å². The number of para-hydroxylation sites is 1. The van der Waals surface area contributed by atoms with Crippen molar-refractivity contribution in [2.45, 2.75) is 6.92 Å². The summed E-state index contributed by atoms with van der Waals surface area (Å²) in [6.45, 7) is 1.75. The summed E-state index contributed by atoms with van der Waals surface area (Å²) in [7, 11) is 0. The maximum Gasteiger partial charge on any atom is 0.256 e. The molecule has 20 heavy (non-hydrogen) atoms. The predicted molar refractivity (Wildman–Crippen MR) is 76.9 cm³/mol. The van der Waals surface area contributed by atoms with E-state index in [1.165, 1.54) is 6.07 Å². The van der Waals surface area contributed by atoms with Crippen LogP contribution in [0.5, 0.6) is 5.75 Å². The quantitative estimate of drug-likeness (QED) is 0.668. The lowest BCUT2D eigenvalue weighted by molar-refractivity contribution is 0.102. The smallest absolute Gasteiger partial charge is 0.256 e. The van der Waals surface area contributed by atoms with Crippen LogP contribution >= 0.6 is 0 Å². The second-order valence-electron chi connectivity index (χ2n) is 4.57. The fraction of sp³-hybridized carbons (Fsp3) is 0.0667. The van der Waals surface area contributed by atoms with Crippen LogP contribution in [0.2, 0.25) is 0 Å². The fourth-order valence-corrected chi connectivity index (χ4v) is 2.04. The Bertz CT molecular complexity index is 793. The maximum atomic E-state index is 12.2. The van der Waals surface area contributed by atoms with Gasteiger partial charge in [0.2, 0.25) is 0 Å². The molecule has 100 valence electrons. The number of benzene rings is 2. The molecule has 1 amide bonds. The van der Waals surface area contributed by atoms with E-state index in [1.807, 2.05) is 24.3 Å². The van der Waals surface area contributed by atoms with E-state index >= 15 is 0 Å². The monoisotopic (exact) mass is 267 g/mol. The van der Waals surface area contributed by atoms with Crippen molar-refractivity contribution in [1.29, 1.82) is 0 Å². The van der Waals surface area contributed by atoms with Crippen molar-refractivity contribution in [2.24, 2.45) is 0 Å². The Morgan fingerprint density at radius 2 is 2.05 bits per heavy atom. The Kier molecular flexibility index (Phi) is 2.87. The molecule has 5 nitrogen and oxygen atoms in total. The van der Waals surface area contributed by atoms with Gasteiger partial charge in [0.05, 0.1) is 5.52 Å². The summed E-state index contributed by atoms with van der Waals surface area (Å²) in [5.41, 5.74) is 2.00. The molecular weight excluding hydrogens is 254 g/mol. The minimum atomic E-state index is -0.259. The van der Waals surface area contributed by atoms with Crippen LogP contribution in [0.15, 0.2) is 42.5 Å². The first-order valence-corrected chi connectivity index (χ1v) is 6.19. The lowest BCUT2D eigenvalue weighted by Crippen LogP contribution is -2.12. The number of anilines is 1. The molecule has 0 atom stereocenters. The molecule has 3 aromatic rings. The Morgan fingerprint density at radius 3 is 2.85 bits per heavy atom. The van der Waals surface area contributed by atoms with Crippen LogP contribution in [0.1, 0.15) is 15.9 Å². The molecule has 3 rings (SSSR count). The average Bonchev–Trinajstić information content (AvgIpc) is 2.85. The van der Waals surface area contributed by atoms with Gasteiger partial charge < -0.3 is 10.4 Å². The third kappa shape index (κ3) is 2.09. The molecule has 3 N–H and O–H groups in total. The Labute approximate surface area is 115 Å². The summed E-state index contributed by atoms with van der Waals surface area (Å²) in [6, 6.07) is 12.3. The van der Waals surface area contributed by atoms with Crippen LogP contribution in [0.3, 0.4) is 0 Å². The standard InChI is InChI=1S/C15H13N3O2/c1-9-8-10(6-7-13(9)19)15(20)16-14-11-4-2-3-5-12(11)17-18-14/h2-8,19H,1H3,(H2,16,17,18,20). The highest BCUT2D eigenvalue weighted by Crippen LogP contribution is 2.21. The van der Waals surface area contributed by atoms with Crippen molar-refractivity contribution < 1.29 is 9.90 Å². The largest absolute Gasteiger partial charge is 0.508 e. The number of aromatic amines is 1. The lowest BCUT2D eigenvalue weighted by Gasteiger charge is -2.05. The zero-order valence-corrected chi connectivity index (χ0v) is 10.8. The molecule has 0 spiro atoms. The Morgan fingerprint density at radius 1 is 1.25 bits per heavy atom. The number of phenols is 1. The summed E-state index contributed by atoms with van der Waals surface area (Å²) in [4.78, 5) is 12.2. The van der Waals surface area contributed by atoms with E-state index in [-0.39, 0.29) is 11.7 Å². The van der Waals surface area contributed by atoms with E-state index in [2.05, 4.69) is 15.5 Å². The van der Waals surface area contributed by atoms with Gasteiger partial charge in [-0.05, 0) is 42.8 Å². The number of aryl methyl sites for hydroxylation is 1. The van der Waals surface area contributed by atoms with Crippen LogP contribution in [-0.2, 0) is 0 Å². The van der Waals surface area contributed by atoms with Gasteiger partial charge in [-0.3, -0.25) is 9.89 Å². The first-order chi connectivity index (χ1) is 9.65. The van der Waals surface area contributed by atoms with E-state index in [4.69, 9.17) is 0 Å². The predicted octanol–water partition coefficient (Wildman–Crippen LogP) is 2.83. The number of nitrogens with zero attached hydrogens (tertiary/aromatic N) is 1. The van der Waals surface area contributed by atoms with Crippen molar-refractivity contribution in [2.75, 3.05) is 5.32 Å². The summed E-state index contributed by atoms with van der Waals surface area (Å²) in [5, 5.41) is 20.1. The minimum Gasteiger partial charge on any atom is -0.508 e. The number of carbonyl (C=O) groups is 1. The minimum absolute atomic E-state index is 0.173. The molecule has 0 unspecified atom stereocenters. The number of aromatic nitrogens is 2. The SMILES string of the molecule is Cc1cc(C(=O)Nc2n[nH]c3ccccc23)ccc1O. The molecule has 1 heterocycles. The first kappa shape index (κ1) is 12.2. The van der Waals surface area contributed by atoms with Crippen molar-refractivity contribution in [3.63, 3.8) is 0 Å². The Hall–Kier alpha value is -2.82. The molecule has 0 bridgehead atoms. The molecule has 0 aliphatic heterocycles. The normalized spacial score (nSPS) is 10.7. The number of hydrogen-bond donors (Lipinski definition) is 3. The molecule has 0 saturated carbocycles. The number of fused-ring (bicyclic) bond motifs is 1. The lowest BCUT2D eigenvalue weighted by atomic mass is 10.1. The zero-order valence-electron chi connectivity index (χ0n) is 10.8. The summed E-state index contributed by atoms with van der Waals surface area (Å²) >= 11 is 0. The van der Waals surface area contributed by atoms with Gasteiger partial charge in [0.1, 0.15) is 5.75 Å².